The Kier molecular flexibility index (Phi) is 7.15. The van der Waals surface area contributed by atoms with Crippen LogP contribution in [0.25, 0.3) is 83.9 Å². The van der Waals surface area contributed by atoms with Crippen molar-refractivity contribution in [2.24, 2.45) is 0 Å². The van der Waals surface area contributed by atoms with Crippen molar-refractivity contribution in [3.63, 3.8) is 0 Å². The van der Waals surface area contributed by atoms with E-state index >= 15 is 0 Å². The number of hydrogen-bond donors (Lipinski definition) is 1. The number of fused-ring (bicyclic) bond motifs is 1. The van der Waals surface area contributed by atoms with Crippen molar-refractivity contribution < 1.29 is 52.2 Å². The molecule has 0 aliphatic rings. The Labute approximate surface area is 419 Å². The maximum atomic E-state index is 11.9. The van der Waals surface area contributed by atoms with Crippen LogP contribution in [0.5, 0.6) is 5.75 Å². The number of aromatic nitrogens is 3. The number of pyridine rings is 1. The number of aryl methyl sites for hydroxylation is 3. The van der Waals surface area contributed by atoms with Crippen molar-refractivity contribution in [1.29, 1.82) is 0 Å². The van der Waals surface area contributed by atoms with Gasteiger partial charge in [0.25, 0.3) is 0 Å². The van der Waals surface area contributed by atoms with Gasteiger partial charge in [0.2, 0.25) is 0 Å². The molecule has 0 bridgehead atoms. The van der Waals surface area contributed by atoms with Gasteiger partial charge in [-0.15, -0.1) is 23.8 Å². The summed E-state index contributed by atoms with van der Waals surface area (Å²) in [5, 5.41) is 11.9. The number of nitrogens with zero attached hydrogens (tertiary/aromatic N) is 3. The summed E-state index contributed by atoms with van der Waals surface area (Å²) < 4.78 is 166. The van der Waals surface area contributed by atoms with Gasteiger partial charge in [-0.1, -0.05) is 173 Å². The van der Waals surface area contributed by atoms with E-state index in [1.807, 2.05) is 72.2 Å². The van der Waals surface area contributed by atoms with Gasteiger partial charge >= 0.3 is 0 Å². The van der Waals surface area contributed by atoms with Crippen LogP contribution in [0.4, 0.5) is 0 Å². The normalized spacial score (nSPS) is 16.9. The maximum absolute atomic E-state index is 11.9. The first-order chi connectivity index (χ1) is 38.0. The standard InChI is InChI=1S/C59H54N3O.Pt/c1-37-18-27-53(50(31-37)42-21-25-48(26-22-42)59(7,8)9)62-54-17-13-16-49(55(54)61-57(62)51-32-38(2)30-39(3)56(51)63)45-33-44(40-14-11-10-12-15-40)34-46(35-45)52-36-43(28-29-60-52)41-19-23-47(24-20-41)58(4,5)6;/h10-34,36,63H,1-9H3;/q-1;/i1D3,4D3,5D3,6D3,19D,20D,23D,24D,28D,29D,36D;. The van der Waals surface area contributed by atoms with E-state index in [0.29, 0.717) is 67.1 Å². The van der Waals surface area contributed by atoms with Crippen LogP contribution in [0.1, 0.15) is 95.2 Å². The molecule has 5 heteroatoms. The fourth-order valence-electron chi connectivity index (χ4n) is 7.82. The molecule has 2 heterocycles. The Morgan fingerprint density at radius 3 is 2.08 bits per heavy atom. The fourth-order valence-corrected chi connectivity index (χ4v) is 7.82. The number of phenols is 1. The van der Waals surface area contributed by atoms with Gasteiger partial charge in [0.1, 0.15) is 11.6 Å². The molecule has 0 saturated carbocycles. The van der Waals surface area contributed by atoms with Crippen LogP contribution in [0.3, 0.4) is 0 Å². The molecule has 0 fully saturated rings. The number of benzene rings is 7. The zero-order chi connectivity index (χ0) is 60.3. The van der Waals surface area contributed by atoms with Crippen LogP contribution < -0.4 is 0 Å². The maximum Gasteiger partial charge on any atom is 0.148 e. The Bertz CT molecular complexity index is 3960. The van der Waals surface area contributed by atoms with Crippen LogP contribution in [-0.4, -0.2) is 19.6 Å². The van der Waals surface area contributed by atoms with Gasteiger partial charge in [0, 0.05) is 54.9 Å². The monoisotopic (exact) mass is 1030 g/mol. The van der Waals surface area contributed by atoms with Crippen LogP contribution in [0.2, 0.25) is 0 Å². The van der Waals surface area contributed by atoms with Gasteiger partial charge in [-0.3, -0.25) is 9.55 Å². The minimum atomic E-state index is -3.95. The number of aromatic hydroxyl groups is 1. The Morgan fingerprint density at radius 2 is 1.36 bits per heavy atom. The summed E-state index contributed by atoms with van der Waals surface area (Å²) in [6, 6.07) is 31.1. The number of imidazole rings is 1. The summed E-state index contributed by atoms with van der Waals surface area (Å²) in [5.41, 5.74) is 0.293. The molecule has 0 atom stereocenters. The number of phenolic OH excluding ortho intramolecular Hbond substituents is 1. The van der Waals surface area contributed by atoms with E-state index in [0.717, 1.165) is 11.1 Å². The molecule has 0 amide bonds. The average molecular weight is 1040 g/mol. The molecule has 9 rings (SSSR count). The van der Waals surface area contributed by atoms with Gasteiger partial charge in [-0.05, 0) is 106 Å². The molecule has 0 aliphatic carbocycles. The van der Waals surface area contributed by atoms with Crippen molar-refractivity contribution in [2.45, 2.75) is 72.9 Å². The third-order valence-corrected chi connectivity index (χ3v) is 11.0. The quantitative estimate of drug-likeness (QED) is 0.162. The van der Waals surface area contributed by atoms with Crippen molar-refractivity contribution >= 4 is 11.0 Å². The first kappa shape index (κ1) is 26.4. The molecule has 0 spiro atoms. The molecule has 1 N–H and O–H groups in total. The fraction of sp³-hybridized carbons (Fsp3) is 0.186. The van der Waals surface area contributed by atoms with Gasteiger partial charge < -0.3 is 5.11 Å². The first-order valence-electron chi connectivity index (χ1n) is 29.8. The van der Waals surface area contributed by atoms with Crippen LogP contribution >= 0.6 is 0 Å². The predicted molar refractivity (Wildman–Crippen MR) is 264 cm³/mol. The van der Waals surface area contributed by atoms with Gasteiger partial charge in [-0.25, -0.2) is 4.98 Å². The van der Waals surface area contributed by atoms with E-state index in [1.54, 1.807) is 55.5 Å². The van der Waals surface area contributed by atoms with E-state index in [4.69, 9.17) is 26.9 Å². The third-order valence-electron chi connectivity index (χ3n) is 11.0. The number of para-hydroxylation sites is 1. The summed E-state index contributed by atoms with van der Waals surface area (Å²) in [7, 11) is 0. The third kappa shape index (κ3) is 8.65. The molecule has 2 aromatic heterocycles. The van der Waals surface area contributed by atoms with Crippen LogP contribution in [0, 0.1) is 26.8 Å². The summed E-state index contributed by atoms with van der Waals surface area (Å²) in [5.74, 6) is 0.250. The van der Waals surface area contributed by atoms with Crippen LogP contribution in [-0.2, 0) is 31.9 Å². The molecule has 4 nitrogen and oxygen atoms in total. The van der Waals surface area contributed by atoms with E-state index < -0.39 is 91.9 Å². The number of hydrogen-bond acceptors (Lipinski definition) is 3. The van der Waals surface area contributed by atoms with Crippen molar-refractivity contribution in [2.75, 3.05) is 0 Å². The largest absolute Gasteiger partial charge is 0.507 e. The molecule has 322 valence electrons. The summed E-state index contributed by atoms with van der Waals surface area (Å²) in [6.07, 6.45) is -0.795. The second kappa shape index (κ2) is 17.3. The van der Waals surface area contributed by atoms with Crippen molar-refractivity contribution in [3.8, 4) is 78.6 Å². The molecule has 0 unspecified atom stereocenters. The topological polar surface area (TPSA) is 50.9 Å². The minimum absolute atomic E-state index is 0. The smallest absolute Gasteiger partial charge is 0.148 e. The first-order valence-corrected chi connectivity index (χ1v) is 20.3. The van der Waals surface area contributed by atoms with Crippen molar-refractivity contribution in [1.82, 2.24) is 14.5 Å². The molecule has 9 aromatic rings. The van der Waals surface area contributed by atoms with Crippen molar-refractivity contribution in [3.05, 3.63) is 192 Å². The Morgan fingerprint density at radius 1 is 0.625 bits per heavy atom. The molecule has 0 radical (unpaired) electrons. The molecule has 0 aliphatic heterocycles. The SMILES string of the molecule is [2H]c1nc(-c2[c-]c(-c3cccc4c3nc(-c3cc(C)cc(C)c3O)n4-c3ccc(C([2H])([2H])[2H])cc3-c3ccc(C(C)(C)C)cc3)cc(-c3ccccc3)c2)c([2H])c(-c2c([2H])c([2H])c(C(C([2H])([2H])[2H])(C([2H])([2H])[2H])C([2H])([2H])[2H])c([2H])c2[2H])c1[2H].[Pt]. The second-order valence-electron chi connectivity index (χ2n) is 16.7. The second-order valence-corrected chi connectivity index (χ2v) is 16.7. The van der Waals surface area contributed by atoms with E-state index in [-0.39, 0.29) is 49.1 Å². The summed E-state index contributed by atoms with van der Waals surface area (Å²) in [4.78, 5) is 9.68. The number of rotatable bonds is 7. The molecule has 7 aromatic carbocycles. The average Bonchev–Trinajstić information content (AvgIpc) is 3.92. The summed E-state index contributed by atoms with van der Waals surface area (Å²) >= 11 is 0. The van der Waals surface area contributed by atoms with Crippen LogP contribution in [0.15, 0.2) is 158 Å². The van der Waals surface area contributed by atoms with E-state index in [1.165, 1.54) is 6.07 Å². The Hall–Kier alpha value is -6.35. The molecular formula is C59H54N3OPt-. The molecule has 0 saturated heterocycles. The van der Waals surface area contributed by atoms with Gasteiger partial charge in [0.05, 0.1) is 31.9 Å². The Balaban J connectivity index is 0.00000900. The minimum Gasteiger partial charge on any atom is -0.507 e. The zero-order valence-corrected chi connectivity index (χ0v) is 37.8. The summed E-state index contributed by atoms with van der Waals surface area (Å²) in [6.45, 7) is -4.40. The van der Waals surface area contributed by atoms with Gasteiger partial charge in [-0.2, -0.15) is 0 Å². The zero-order valence-electron chi connectivity index (χ0n) is 54.6. The molecular weight excluding hydrogens is 962 g/mol. The van der Waals surface area contributed by atoms with E-state index in [2.05, 4.69) is 31.8 Å². The predicted octanol–water partition coefficient (Wildman–Crippen LogP) is 15.4. The molecule has 64 heavy (non-hydrogen) atoms. The van der Waals surface area contributed by atoms with Gasteiger partial charge in [0.15, 0.2) is 0 Å². The van der Waals surface area contributed by atoms with E-state index in [9.17, 15) is 9.22 Å².